The molecule has 2 aromatic carbocycles. The van der Waals surface area contributed by atoms with Gasteiger partial charge in [0.1, 0.15) is 17.9 Å². The SMILES string of the molecule is CCCc1cc(C(C)(O)C(F)(F)F)cc(CCC)c1OCC#CCN1C(=O)NC(C)(c2ccc3c(c2)OCO3)C1=O. The first-order valence-corrected chi connectivity index (χ1v) is 13.4. The minimum atomic E-state index is -4.84. The van der Waals surface area contributed by atoms with Gasteiger partial charge in [-0.2, -0.15) is 13.2 Å². The molecule has 2 atom stereocenters. The fraction of sp³-hybridized carbons (Fsp3) is 0.467. The minimum absolute atomic E-state index is 0.0813. The Morgan fingerprint density at radius 2 is 1.68 bits per heavy atom. The Labute approximate surface area is 236 Å². The van der Waals surface area contributed by atoms with E-state index in [2.05, 4.69) is 17.2 Å². The lowest BCUT2D eigenvalue weighted by Gasteiger charge is -2.28. The van der Waals surface area contributed by atoms with Crippen molar-refractivity contribution in [3.8, 4) is 29.1 Å². The van der Waals surface area contributed by atoms with Crippen molar-refractivity contribution < 1.29 is 42.1 Å². The molecule has 2 unspecified atom stereocenters. The summed E-state index contributed by atoms with van der Waals surface area (Å²) >= 11 is 0. The van der Waals surface area contributed by atoms with Gasteiger partial charge in [-0.15, -0.1) is 0 Å². The van der Waals surface area contributed by atoms with Gasteiger partial charge in [-0.05, 0) is 73.2 Å². The zero-order chi connectivity index (χ0) is 30.0. The molecule has 0 aromatic heterocycles. The second-order valence-electron chi connectivity index (χ2n) is 10.4. The maximum atomic E-state index is 13.6. The van der Waals surface area contributed by atoms with Crippen molar-refractivity contribution >= 4 is 11.9 Å². The van der Waals surface area contributed by atoms with E-state index in [1.165, 1.54) is 12.1 Å². The minimum Gasteiger partial charge on any atom is -0.480 e. The summed E-state index contributed by atoms with van der Waals surface area (Å²) in [6.07, 6.45) is -2.64. The molecule has 0 aliphatic carbocycles. The van der Waals surface area contributed by atoms with E-state index < -0.39 is 29.3 Å². The average Bonchev–Trinajstić information content (AvgIpc) is 3.46. The number of ether oxygens (including phenoxy) is 3. The average molecular weight is 575 g/mol. The third-order valence-corrected chi connectivity index (χ3v) is 7.27. The molecule has 1 saturated heterocycles. The summed E-state index contributed by atoms with van der Waals surface area (Å²) in [6.45, 7) is 5.94. The second-order valence-corrected chi connectivity index (χ2v) is 10.4. The number of halogens is 3. The van der Waals surface area contributed by atoms with Gasteiger partial charge in [0.25, 0.3) is 5.91 Å². The number of urea groups is 1. The number of amides is 3. The molecule has 0 bridgehead atoms. The zero-order valence-corrected chi connectivity index (χ0v) is 23.4. The Balaban J connectivity index is 1.48. The summed E-state index contributed by atoms with van der Waals surface area (Å²) in [4.78, 5) is 26.9. The molecule has 220 valence electrons. The molecule has 11 heteroatoms. The van der Waals surface area contributed by atoms with Crippen molar-refractivity contribution in [3.63, 3.8) is 0 Å². The first-order valence-electron chi connectivity index (χ1n) is 13.4. The van der Waals surface area contributed by atoms with Crippen LogP contribution in [0, 0.1) is 11.8 Å². The van der Waals surface area contributed by atoms with Crippen molar-refractivity contribution in [1.82, 2.24) is 10.2 Å². The van der Waals surface area contributed by atoms with Crippen LogP contribution in [0.3, 0.4) is 0 Å². The molecule has 8 nitrogen and oxygen atoms in total. The first-order chi connectivity index (χ1) is 19.3. The van der Waals surface area contributed by atoms with Crippen LogP contribution in [0.1, 0.15) is 62.8 Å². The largest absolute Gasteiger partial charge is 0.480 e. The van der Waals surface area contributed by atoms with Gasteiger partial charge in [-0.25, -0.2) is 4.79 Å². The number of hydrogen-bond donors (Lipinski definition) is 2. The van der Waals surface area contributed by atoms with Crippen LogP contribution in [0.2, 0.25) is 0 Å². The molecule has 3 amide bonds. The number of nitrogens with zero attached hydrogens (tertiary/aromatic N) is 1. The van der Waals surface area contributed by atoms with E-state index in [1.807, 2.05) is 13.8 Å². The van der Waals surface area contributed by atoms with Crippen molar-refractivity contribution in [1.29, 1.82) is 0 Å². The third kappa shape index (κ3) is 5.79. The summed E-state index contributed by atoms with van der Waals surface area (Å²) in [5, 5.41) is 13.0. The number of carbonyl (C=O) groups excluding carboxylic acids is 2. The summed E-state index contributed by atoms with van der Waals surface area (Å²) in [5.41, 5.74) is -2.91. The lowest BCUT2D eigenvalue weighted by molar-refractivity contribution is -0.258. The number of benzene rings is 2. The Kier molecular flexibility index (Phi) is 8.45. The Morgan fingerprint density at radius 3 is 2.29 bits per heavy atom. The molecule has 2 aliphatic rings. The number of hydrogen-bond acceptors (Lipinski definition) is 6. The van der Waals surface area contributed by atoms with E-state index in [0.717, 1.165) is 11.8 Å². The molecule has 2 aromatic rings. The molecule has 2 heterocycles. The number of aryl methyl sites for hydroxylation is 2. The smallest absolute Gasteiger partial charge is 0.421 e. The van der Waals surface area contributed by atoms with Crippen molar-refractivity contribution in [2.75, 3.05) is 19.9 Å². The number of aliphatic hydroxyl groups is 1. The summed E-state index contributed by atoms with van der Waals surface area (Å²) < 4.78 is 57.3. The van der Waals surface area contributed by atoms with Gasteiger partial charge < -0.3 is 24.6 Å². The Morgan fingerprint density at radius 1 is 1.05 bits per heavy atom. The van der Waals surface area contributed by atoms with E-state index in [4.69, 9.17) is 14.2 Å². The molecule has 2 aliphatic heterocycles. The molecule has 41 heavy (non-hydrogen) atoms. The highest BCUT2D eigenvalue weighted by Crippen LogP contribution is 2.42. The van der Waals surface area contributed by atoms with E-state index in [-0.39, 0.29) is 25.5 Å². The molecule has 0 radical (unpaired) electrons. The van der Waals surface area contributed by atoms with Crippen LogP contribution in [0.4, 0.5) is 18.0 Å². The fourth-order valence-corrected chi connectivity index (χ4v) is 4.83. The molecule has 4 rings (SSSR count). The van der Waals surface area contributed by atoms with Crippen LogP contribution in [0.5, 0.6) is 17.2 Å². The standard InChI is InChI=1S/C30H33F3N2O6/c1-5-9-19-15-22(29(4,38)30(31,32)33)16-20(10-6-2)25(19)39-14-8-7-13-35-26(36)28(3,34-27(35)37)21-11-12-23-24(17-21)41-18-40-23/h11-12,15-17,38H,5-6,9-10,13-14,18H2,1-4H3,(H,34,37). The van der Waals surface area contributed by atoms with E-state index in [1.54, 1.807) is 25.1 Å². The molecular weight excluding hydrogens is 541 g/mol. The van der Waals surface area contributed by atoms with E-state index in [0.29, 0.717) is 59.6 Å². The number of carbonyl (C=O) groups is 2. The molecule has 0 saturated carbocycles. The predicted molar refractivity (Wildman–Crippen MR) is 143 cm³/mol. The second kappa shape index (κ2) is 11.5. The maximum absolute atomic E-state index is 13.6. The number of alkyl halides is 3. The van der Waals surface area contributed by atoms with Gasteiger partial charge in [0.05, 0.1) is 6.54 Å². The normalized spacial score (nSPS) is 19.5. The van der Waals surface area contributed by atoms with Crippen LogP contribution in [-0.4, -0.2) is 48.1 Å². The summed E-state index contributed by atoms with van der Waals surface area (Å²) in [5.74, 6) is 6.59. The van der Waals surface area contributed by atoms with Gasteiger partial charge in [-0.1, -0.05) is 44.6 Å². The van der Waals surface area contributed by atoms with Crippen LogP contribution >= 0.6 is 0 Å². The number of fused-ring (bicyclic) bond motifs is 1. The number of imide groups is 1. The van der Waals surface area contributed by atoms with Gasteiger partial charge in [-0.3, -0.25) is 9.69 Å². The van der Waals surface area contributed by atoms with Crippen molar-refractivity contribution in [2.24, 2.45) is 0 Å². The van der Waals surface area contributed by atoms with Gasteiger partial charge in [0, 0.05) is 0 Å². The Hall–Kier alpha value is -3.91. The van der Waals surface area contributed by atoms with E-state index >= 15 is 0 Å². The Bertz CT molecular complexity index is 1370. The number of nitrogens with one attached hydrogen (secondary N) is 1. The van der Waals surface area contributed by atoms with Crippen LogP contribution in [0.25, 0.3) is 0 Å². The van der Waals surface area contributed by atoms with Crippen molar-refractivity contribution in [2.45, 2.75) is 70.7 Å². The lowest BCUT2D eigenvalue weighted by Crippen LogP contribution is -2.40. The third-order valence-electron chi connectivity index (χ3n) is 7.27. The maximum Gasteiger partial charge on any atom is 0.421 e. The predicted octanol–water partition coefficient (Wildman–Crippen LogP) is 4.94. The molecular formula is C30H33F3N2O6. The highest BCUT2D eigenvalue weighted by atomic mass is 19.4. The quantitative estimate of drug-likeness (QED) is 0.325. The van der Waals surface area contributed by atoms with Gasteiger partial charge >= 0.3 is 12.2 Å². The van der Waals surface area contributed by atoms with Gasteiger partial charge in [0.15, 0.2) is 17.1 Å². The molecule has 2 N–H and O–H groups in total. The van der Waals surface area contributed by atoms with E-state index in [9.17, 15) is 27.9 Å². The molecule has 0 spiro atoms. The summed E-state index contributed by atoms with van der Waals surface area (Å²) in [6, 6.07) is 7.11. The highest BCUT2D eigenvalue weighted by Gasteiger charge is 2.51. The van der Waals surface area contributed by atoms with Crippen LogP contribution in [0.15, 0.2) is 30.3 Å². The lowest BCUT2D eigenvalue weighted by atomic mass is 9.89. The van der Waals surface area contributed by atoms with Crippen LogP contribution in [-0.2, 0) is 28.8 Å². The van der Waals surface area contributed by atoms with Crippen molar-refractivity contribution in [3.05, 3.63) is 52.6 Å². The fourth-order valence-electron chi connectivity index (χ4n) is 4.83. The highest BCUT2D eigenvalue weighted by molar-refractivity contribution is 6.07. The summed E-state index contributed by atoms with van der Waals surface area (Å²) in [7, 11) is 0. The monoisotopic (exact) mass is 574 g/mol. The molecule has 1 fully saturated rings. The zero-order valence-electron chi connectivity index (χ0n) is 23.4. The van der Waals surface area contributed by atoms with Gasteiger partial charge in [0.2, 0.25) is 6.79 Å². The number of rotatable bonds is 9. The topological polar surface area (TPSA) is 97.3 Å². The van der Waals surface area contributed by atoms with Crippen LogP contribution < -0.4 is 19.5 Å². The first kappa shape index (κ1) is 30.1.